The molecule has 0 saturated carbocycles. The minimum atomic E-state index is -3.84. The predicted octanol–water partition coefficient (Wildman–Crippen LogP) is 5.22. The van der Waals surface area contributed by atoms with Gasteiger partial charge >= 0.3 is 6.03 Å². The van der Waals surface area contributed by atoms with Gasteiger partial charge in [-0.15, -0.1) is 0 Å². The van der Waals surface area contributed by atoms with Crippen molar-refractivity contribution in [3.05, 3.63) is 120 Å². The van der Waals surface area contributed by atoms with Gasteiger partial charge in [0.05, 0.1) is 4.90 Å². The van der Waals surface area contributed by atoms with Gasteiger partial charge in [-0.25, -0.2) is 37.1 Å². The number of carbonyl (C=O) groups is 1. The second-order valence-corrected chi connectivity index (χ2v) is 12.1. The molecule has 0 aliphatic carbocycles. The summed E-state index contributed by atoms with van der Waals surface area (Å²) >= 11 is 0.977. The van der Waals surface area contributed by atoms with Gasteiger partial charge in [-0.3, -0.25) is 5.32 Å². The van der Waals surface area contributed by atoms with E-state index in [1.54, 1.807) is 47.6 Å². The molecule has 0 unspecified atom stereocenters. The van der Waals surface area contributed by atoms with E-state index >= 15 is 0 Å². The standard InChI is InChI=1S/C30H27F2N7O3S2/c31-23-8-2-20(3-9-23)26(21-4-10-24(32)11-5-21)14-18-39(19-15-27-34-16-1-17-35-27)30(40)37-29-36-28(38-43-29)22-6-12-25(13-7-22)44(33,41)42/h1-13,16-17,26H,14-15,18-19H2,(H2,33,41,42)(H,36,37,38,40). The van der Waals surface area contributed by atoms with Crippen LogP contribution in [0.5, 0.6) is 0 Å². The minimum absolute atomic E-state index is 0.0392. The summed E-state index contributed by atoms with van der Waals surface area (Å²) in [5.41, 5.74) is 2.20. The molecule has 2 aromatic heterocycles. The summed E-state index contributed by atoms with van der Waals surface area (Å²) in [6, 6.07) is 19.3. The molecule has 14 heteroatoms. The number of nitrogens with zero attached hydrogens (tertiary/aromatic N) is 5. The first-order chi connectivity index (χ1) is 21.2. The van der Waals surface area contributed by atoms with Gasteiger partial charge in [-0.2, -0.15) is 9.36 Å². The van der Waals surface area contributed by atoms with Gasteiger partial charge < -0.3 is 4.90 Å². The third-order valence-corrected chi connectivity index (χ3v) is 8.38. The summed E-state index contributed by atoms with van der Waals surface area (Å²) in [5.74, 6) is -0.101. The van der Waals surface area contributed by atoms with E-state index in [4.69, 9.17) is 5.14 Å². The third kappa shape index (κ3) is 8.03. The van der Waals surface area contributed by atoms with Gasteiger partial charge in [0.15, 0.2) is 5.82 Å². The Morgan fingerprint density at radius 3 is 2.05 bits per heavy atom. The Kier molecular flexibility index (Phi) is 9.62. The second-order valence-electron chi connectivity index (χ2n) is 9.77. The molecule has 0 aliphatic rings. The summed E-state index contributed by atoms with van der Waals surface area (Å²) in [4.78, 5) is 28.0. The molecule has 3 aromatic carbocycles. The lowest BCUT2D eigenvalue weighted by Crippen LogP contribution is -2.38. The van der Waals surface area contributed by atoms with E-state index in [0.29, 0.717) is 36.6 Å². The number of halogens is 2. The minimum Gasteiger partial charge on any atom is -0.324 e. The summed E-state index contributed by atoms with van der Waals surface area (Å²) < 4.78 is 54.8. The number of rotatable bonds is 11. The fraction of sp³-hybridized carbons (Fsp3) is 0.167. The number of carbonyl (C=O) groups excluding carboxylic acids is 1. The molecule has 0 saturated heterocycles. The molecular weight excluding hydrogens is 609 g/mol. The topological polar surface area (TPSA) is 144 Å². The first-order valence-corrected chi connectivity index (χ1v) is 15.8. The van der Waals surface area contributed by atoms with Crippen molar-refractivity contribution < 1.29 is 22.0 Å². The van der Waals surface area contributed by atoms with Gasteiger partial charge in [0, 0.05) is 54.9 Å². The normalized spacial score (nSPS) is 11.5. The monoisotopic (exact) mass is 635 g/mol. The van der Waals surface area contributed by atoms with Crippen molar-refractivity contribution in [3.63, 3.8) is 0 Å². The van der Waals surface area contributed by atoms with Gasteiger partial charge in [-0.1, -0.05) is 24.3 Å². The summed E-state index contributed by atoms with van der Waals surface area (Å²) in [7, 11) is -3.84. The number of anilines is 1. The van der Waals surface area contributed by atoms with Crippen LogP contribution in [0.25, 0.3) is 11.4 Å². The highest BCUT2D eigenvalue weighted by atomic mass is 32.2. The van der Waals surface area contributed by atoms with E-state index in [1.807, 2.05) is 0 Å². The Morgan fingerprint density at radius 1 is 0.886 bits per heavy atom. The van der Waals surface area contributed by atoms with Crippen molar-refractivity contribution in [2.24, 2.45) is 5.14 Å². The van der Waals surface area contributed by atoms with E-state index in [0.717, 1.165) is 22.7 Å². The number of amides is 2. The average molecular weight is 636 g/mol. The molecule has 5 rings (SSSR count). The number of nitrogens with two attached hydrogens (primary N) is 1. The van der Waals surface area contributed by atoms with Gasteiger partial charge in [0.25, 0.3) is 0 Å². The molecule has 0 fully saturated rings. The number of benzene rings is 3. The van der Waals surface area contributed by atoms with Crippen LogP contribution in [0.3, 0.4) is 0 Å². The fourth-order valence-corrected chi connectivity index (χ4v) is 5.66. The fourth-order valence-electron chi connectivity index (χ4n) is 4.57. The highest BCUT2D eigenvalue weighted by Gasteiger charge is 2.21. The van der Waals surface area contributed by atoms with Crippen molar-refractivity contribution in [2.75, 3.05) is 18.4 Å². The van der Waals surface area contributed by atoms with Crippen LogP contribution >= 0.6 is 11.5 Å². The predicted molar refractivity (Wildman–Crippen MR) is 162 cm³/mol. The number of hydrogen-bond acceptors (Lipinski definition) is 8. The number of hydrogen-bond donors (Lipinski definition) is 2. The zero-order valence-corrected chi connectivity index (χ0v) is 24.8. The van der Waals surface area contributed by atoms with Crippen LogP contribution in [0.1, 0.15) is 29.3 Å². The smallest absolute Gasteiger partial charge is 0.323 e. The number of sulfonamides is 1. The molecule has 0 bridgehead atoms. The van der Waals surface area contributed by atoms with Gasteiger partial charge in [0.1, 0.15) is 17.5 Å². The van der Waals surface area contributed by atoms with Crippen LogP contribution in [-0.2, 0) is 16.4 Å². The van der Waals surface area contributed by atoms with Crippen molar-refractivity contribution in [3.8, 4) is 11.4 Å². The van der Waals surface area contributed by atoms with E-state index in [9.17, 15) is 22.0 Å². The first kappa shape index (κ1) is 30.8. The molecule has 0 aliphatic heterocycles. The lowest BCUT2D eigenvalue weighted by molar-refractivity contribution is 0.210. The lowest BCUT2D eigenvalue weighted by atomic mass is 9.88. The Morgan fingerprint density at radius 2 is 1.48 bits per heavy atom. The largest absolute Gasteiger partial charge is 0.324 e. The maximum Gasteiger partial charge on any atom is 0.323 e. The van der Waals surface area contributed by atoms with Crippen LogP contribution in [0.2, 0.25) is 0 Å². The zero-order valence-electron chi connectivity index (χ0n) is 23.2. The summed E-state index contributed by atoms with van der Waals surface area (Å²) in [6.07, 6.45) is 4.11. The van der Waals surface area contributed by atoms with Crippen LogP contribution in [0.15, 0.2) is 96.2 Å². The van der Waals surface area contributed by atoms with E-state index in [-0.39, 0.29) is 34.1 Å². The van der Waals surface area contributed by atoms with E-state index in [2.05, 4.69) is 24.6 Å². The Bertz CT molecular complexity index is 1760. The second kappa shape index (κ2) is 13.8. The van der Waals surface area contributed by atoms with E-state index < -0.39 is 16.1 Å². The van der Waals surface area contributed by atoms with Crippen molar-refractivity contribution in [1.29, 1.82) is 0 Å². The molecule has 3 N–H and O–H groups in total. The molecule has 10 nitrogen and oxygen atoms in total. The van der Waals surface area contributed by atoms with Crippen LogP contribution in [0, 0.1) is 11.6 Å². The summed E-state index contributed by atoms with van der Waals surface area (Å²) in [6.45, 7) is 0.578. The quantitative estimate of drug-likeness (QED) is 0.203. The van der Waals surface area contributed by atoms with E-state index in [1.165, 1.54) is 48.5 Å². The third-order valence-electron chi connectivity index (χ3n) is 6.83. The molecule has 44 heavy (non-hydrogen) atoms. The number of primary sulfonamides is 1. The maximum atomic E-state index is 13.7. The van der Waals surface area contributed by atoms with Crippen molar-refractivity contribution in [2.45, 2.75) is 23.7 Å². The molecule has 5 aromatic rings. The summed E-state index contributed by atoms with van der Waals surface area (Å²) in [5, 5.41) is 8.21. The molecule has 226 valence electrons. The molecule has 0 atom stereocenters. The van der Waals surface area contributed by atoms with Gasteiger partial charge in [0.2, 0.25) is 15.2 Å². The average Bonchev–Trinajstić information content (AvgIpc) is 3.49. The zero-order chi connectivity index (χ0) is 31.1. The van der Waals surface area contributed by atoms with Crippen LogP contribution < -0.4 is 10.5 Å². The van der Waals surface area contributed by atoms with Crippen molar-refractivity contribution in [1.82, 2.24) is 24.2 Å². The van der Waals surface area contributed by atoms with Crippen LogP contribution in [-0.4, -0.2) is 51.8 Å². The Balaban J connectivity index is 1.34. The highest BCUT2D eigenvalue weighted by molar-refractivity contribution is 7.89. The number of urea groups is 1. The Hall–Kier alpha value is -4.66. The molecule has 0 spiro atoms. The highest BCUT2D eigenvalue weighted by Crippen LogP contribution is 2.29. The lowest BCUT2D eigenvalue weighted by Gasteiger charge is -2.26. The molecule has 0 radical (unpaired) electrons. The Labute approximate surface area is 256 Å². The number of nitrogens with one attached hydrogen (secondary N) is 1. The van der Waals surface area contributed by atoms with Gasteiger partial charge in [-0.05, 0) is 72.1 Å². The SMILES string of the molecule is NS(=O)(=O)c1ccc(-c2nsc(NC(=O)N(CCc3ncccn3)CCC(c3ccc(F)cc3)c3ccc(F)cc3)n2)cc1. The molecule has 2 amide bonds. The molecular formula is C30H27F2N7O3S2. The molecule has 2 heterocycles. The number of aromatic nitrogens is 4. The first-order valence-electron chi connectivity index (χ1n) is 13.5. The maximum absolute atomic E-state index is 13.7. The van der Waals surface area contributed by atoms with Crippen LogP contribution in [0.4, 0.5) is 18.7 Å². The van der Waals surface area contributed by atoms with Crippen molar-refractivity contribution >= 4 is 32.7 Å².